The van der Waals surface area contributed by atoms with E-state index < -0.39 is 11.5 Å². The number of piperidine rings is 1. The molecule has 1 saturated heterocycles. The Morgan fingerprint density at radius 2 is 1.78 bits per heavy atom. The van der Waals surface area contributed by atoms with Crippen molar-refractivity contribution in [3.05, 3.63) is 47.3 Å². The molecule has 2 aromatic rings. The second kappa shape index (κ2) is 6.24. The van der Waals surface area contributed by atoms with Crippen molar-refractivity contribution in [2.45, 2.75) is 25.2 Å². The molecule has 0 atom stereocenters. The van der Waals surface area contributed by atoms with Gasteiger partial charge in [-0.15, -0.1) is 11.3 Å². The van der Waals surface area contributed by atoms with Crippen LogP contribution in [0.25, 0.3) is 10.4 Å². The first-order chi connectivity index (χ1) is 11.0. The van der Waals surface area contributed by atoms with Crippen molar-refractivity contribution in [2.24, 2.45) is 0 Å². The van der Waals surface area contributed by atoms with Crippen LogP contribution in [0.1, 0.15) is 25.3 Å². The quantitative estimate of drug-likeness (QED) is 0.803. The van der Waals surface area contributed by atoms with Gasteiger partial charge in [-0.25, -0.2) is 0 Å². The molecule has 1 aliphatic heterocycles. The molecule has 0 bridgehead atoms. The Morgan fingerprint density at radius 1 is 1.13 bits per heavy atom. The summed E-state index contributed by atoms with van der Waals surface area (Å²) in [5.74, 6) is -0.0292. The fourth-order valence-corrected chi connectivity index (χ4v) is 4.28. The van der Waals surface area contributed by atoms with Crippen molar-refractivity contribution in [2.75, 3.05) is 13.1 Å². The Bertz CT molecular complexity index is 718. The molecule has 23 heavy (non-hydrogen) atoms. The molecular formula is C18H18FNO2S. The van der Waals surface area contributed by atoms with Crippen LogP contribution in [0.5, 0.6) is 0 Å². The zero-order valence-corrected chi connectivity index (χ0v) is 13.7. The number of halogens is 1. The molecule has 0 unspecified atom stereocenters. The average Bonchev–Trinajstić information content (AvgIpc) is 3.05. The zero-order chi connectivity index (χ0) is 16.4. The van der Waals surface area contributed by atoms with Crippen LogP contribution in [0.3, 0.4) is 0 Å². The third kappa shape index (κ3) is 2.81. The van der Waals surface area contributed by atoms with Crippen LogP contribution in [0.15, 0.2) is 41.8 Å². The molecule has 1 amide bonds. The number of amides is 1. The summed E-state index contributed by atoms with van der Waals surface area (Å²) >= 11 is 1.52. The highest BCUT2D eigenvalue weighted by Gasteiger charge is 2.45. The molecule has 0 saturated carbocycles. The highest BCUT2D eigenvalue weighted by Crippen LogP contribution is 2.44. The first-order valence-corrected chi connectivity index (χ1v) is 8.51. The van der Waals surface area contributed by atoms with E-state index in [1.165, 1.54) is 18.3 Å². The summed E-state index contributed by atoms with van der Waals surface area (Å²) in [7, 11) is 0. The monoisotopic (exact) mass is 331 g/mol. The number of nitrogens with zero attached hydrogens (tertiary/aromatic N) is 1. The second-order valence-corrected chi connectivity index (χ2v) is 6.81. The third-order valence-corrected chi connectivity index (χ3v) is 5.62. The predicted molar refractivity (Wildman–Crippen MR) is 89.0 cm³/mol. The molecule has 1 aliphatic rings. The molecular weight excluding hydrogens is 313 g/mol. The van der Waals surface area contributed by atoms with Crippen molar-refractivity contribution in [3.8, 4) is 10.4 Å². The molecule has 5 heteroatoms. The van der Waals surface area contributed by atoms with Gasteiger partial charge in [0.05, 0.1) is 5.41 Å². The van der Waals surface area contributed by atoms with E-state index in [-0.39, 0.29) is 5.91 Å². The lowest BCUT2D eigenvalue weighted by Gasteiger charge is -2.38. The van der Waals surface area contributed by atoms with E-state index in [1.807, 2.05) is 41.8 Å². The highest BCUT2D eigenvalue weighted by atomic mass is 32.1. The van der Waals surface area contributed by atoms with Gasteiger partial charge in [0, 0.05) is 24.9 Å². The van der Waals surface area contributed by atoms with Crippen LogP contribution >= 0.6 is 11.3 Å². The number of hydrogen-bond acceptors (Lipinski definition) is 3. The number of carbonyl (C=O) groups is 2. The molecule has 0 N–H and O–H groups in total. The van der Waals surface area contributed by atoms with Crippen molar-refractivity contribution < 1.29 is 14.0 Å². The molecule has 0 radical (unpaired) electrons. The van der Waals surface area contributed by atoms with E-state index in [9.17, 15) is 14.0 Å². The van der Waals surface area contributed by atoms with Crippen molar-refractivity contribution in [3.63, 3.8) is 0 Å². The van der Waals surface area contributed by atoms with Gasteiger partial charge < -0.3 is 4.90 Å². The topological polar surface area (TPSA) is 37.4 Å². The lowest BCUT2D eigenvalue weighted by molar-refractivity contribution is -0.141. The summed E-state index contributed by atoms with van der Waals surface area (Å²) in [6, 6.07) is 10.3. The Kier molecular flexibility index (Phi) is 4.31. The minimum atomic E-state index is -1.30. The Hall–Kier alpha value is -2.01. The van der Waals surface area contributed by atoms with E-state index >= 15 is 0 Å². The maximum Gasteiger partial charge on any atom is 0.312 e. The first-order valence-electron chi connectivity index (χ1n) is 7.63. The van der Waals surface area contributed by atoms with Crippen LogP contribution in [0.2, 0.25) is 0 Å². The number of carbonyl (C=O) groups excluding carboxylic acids is 2. The van der Waals surface area contributed by atoms with Gasteiger partial charge >= 0.3 is 6.04 Å². The van der Waals surface area contributed by atoms with E-state index in [4.69, 9.17) is 0 Å². The Balaban J connectivity index is 2.00. The molecule has 120 valence electrons. The summed E-state index contributed by atoms with van der Waals surface area (Å²) < 4.78 is 14.1. The van der Waals surface area contributed by atoms with Gasteiger partial charge in [0.2, 0.25) is 5.91 Å². The van der Waals surface area contributed by atoms with E-state index in [0.29, 0.717) is 25.9 Å². The lowest BCUT2D eigenvalue weighted by Crippen LogP contribution is -2.47. The van der Waals surface area contributed by atoms with E-state index in [1.54, 1.807) is 4.90 Å². The molecule has 1 aromatic heterocycles. The van der Waals surface area contributed by atoms with Gasteiger partial charge in [-0.1, -0.05) is 30.3 Å². The number of thiophene rings is 1. The normalized spacial score (nSPS) is 17.0. The Morgan fingerprint density at radius 3 is 2.35 bits per heavy atom. The fraction of sp³-hybridized carbons (Fsp3) is 0.333. The smallest absolute Gasteiger partial charge is 0.312 e. The summed E-state index contributed by atoms with van der Waals surface area (Å²) in [6.45, 7) is 2.33. The minimum Gasteiger partial charge on any atom is -0.343 e. The molecule has 0 aliphatic carbocycles. The summed E-state index contributed by atoms with van der Waals surface area (Å²) in [4.78, 5) is 26.0. The lowest BCUT2D eigenvalue weighted by atomic mass is 9.72. The van der Waals surface area contributed by atoms with Crippen molar-refractivity contribution in [1.82, 2.24) is 4.90 Å². The molecule has 3 nitrogen and oxygen atoms in total. The van der Waals surface area contributed by atoms with Crippen LogP contribution in [0, 0.1) is 0 Å². The van der Waals surface area contributed by atoms with Gasteiger partial charge in [-0.2, -0.15) is 4.39 Å². The largest absolute Gasteiger partial charge is 0.343 e. The van der Waals surface area contributed by atoms with E-state index in [2.05, 4.69) is 0 Å². The number of benzene rings is 1. The number of likely N-dealkylation sites (tertiary alicyclic amines) is 1. The fourth-order valence-electron chi connectivity index (χ4n) is 3.27. The zero-order valence-electron chi connectivity index (χ0n) is 12.9. The van der Waals surface area contributed by atoms with Crippen LogP contribution in [-0.4, -0.2) is 29.9 Å². The molecule has 0 spiro atoms. The molecule has 1 aromatic carbocycles. The van der Waals surface area contributed by atoms with E-state index in [0.717, 1.165) is 16.0 Å². The first kappa shape index (κ1) is 15.9. The minimum absolute atomic E-state index is 0.0292. The summed E-state index contributed by atoms with van der Waals surface area (Å²) in [6.07, 6.45) is 0.664. The van der Waals surface area contributed by atoms with Crippen molar-refractivity contribution >= 4 is 23.3 Å². The summed E-state index contributed by atoms with van der Waals surface area (Å²) in [5.41, 5.74) is 0.619. The number of hydrogen-bond donors (Lipinski definition) is 0. The predicted octanol–water partition coefficient (Wildman–Crippen LogP) is 3.79. The molecule has 2 heterocycles. The summed E-state index contributed by atoms with van der Waals surface area (Å²) in [5, 5.41) is 1.90. The third-order valence-electron chi connectivity index (χ3n) is 4.66. The van der Waals surface area contributed by atoms with Gasteiger partial charge in [-0.3, -0.25) is 9.59 Å². The molecule has 3 rings (SSSR count). The maximum atomic E-state index is 14.1. The maximum absolute atomic E-state index is 14.1. The highest BCUT2D eigenvalue weighted by molar-refractivity contribution is 7.13. The van der Waals surface area contributed by atoms with Gasteiger partial charge in [0.15, 0.2) is 0 Å². The van der Waals surface area contributed by atoms with Crippen LogP contribution in [-0.2, 0) is 15.0 Å². The van der Waals surface area contributed by atoms with Gasteiger partial charge in [0.25, 0.3) is 0 Å². The SMILES string of the molecule is CC(=O)N1CCC(C(=O)F)(c2ccsc2-c2ccccc2)CC1. The average molecular weight is 331 g/mol. The second-order valence-electron chi connectivity index (χ2n) is 5.89. The van der Waals surface area contributed by atoms with Crippen LogP contribution in [0.4, 0.5) is 4.39 Å². The van der Waals surface area contributed by atoms with Gasteiger partial charge in [0.1, 0.15) is 0 Å². The standard InChI is InChI=1S/C18H18FNO2S/c1-13(21)20-10-8-18(9-11-20,17(19)22)15-7-12-23-16(15)14-5-3-2-4-6-14/h2-7,12H,8-11H2,1H3. The molecule has 1 fully saturated rings. The van der Waals surface area contributed by atoms with Crippen molar-refractivity contribution in [1.29, 1.82) is 0 Å². The van der Waals surface area contributed by atoms with Crippen LogP contribution < -0.4 is 0 Å². The number of rotatable bonds is 3. The van der Waals surface area contributed by atoms with Gasteiger partial charge in [-0.05, 0) is 35.4 Å². The Labute approximate surface area is 138 Å².